The van der Waals surface area contributed by atoms with Crippen LogP contribution in [0.15, 0.2) is 24.0 Å². The third-order valence-corrected chi connectivity index (χ3v) is 2.53. The highest BCUT2D eigenvalue weighted by atomic mass is 15.1. The van der Waals surface area contributed by atoms with Crippen LogP contribution in [0.3, 0.4) is 0 Å². The maximum Gasteiger partial charge on any atom is 0.0843 e. The van der Waals surface area contributed by atoms with Gasteiger partial charge >= 0.3 is 0 Å². The van der Waals surface area contributed by atoms with Gasteiger partial charge in [0.2, 0.25) is 0 Å². The monoisotopic (exact) mass is 164 g/mol. The van der Waals surface area contributed by atoms with Gasteiger partial charge in [0, 0.05) is 11.9 Å². The average molecular weight is 164 g/mol. The summed E-state index contributed by atoms with van der Waals surface area (Å²) < 4.78 is 0. The van der Waals surface area contributed by atoms with Crippen LogP contribution in [0.5, 0.6) is 0 Å². The molecule has 2 heteroatoms. The number of nitrogens with one attached hydrogen (secondary N) is 2. The van der Waals surface area contributed by atoms with Gasteiger partial charge in [-0.15, -0.1) is 0 Å². The van der Waals surface area contributed by atoms with E-state index in [1.807, 2.05) is 0 Å². The van der Waals surface area contributed by atoms with Gasteiger partial charge in [-0.25, -0.2) is 0 Å². The van der Waals surface area contributed by atoms with Crippen molar-refractivity contribution in [3.63, 3.8) is 0 Å². The Morgan fingerprint density at radius 3 is 3.17 bits per heavy atom. The molecule has 1 unspecified atom stereocenters. The van der Waals surface area contributed by atoms with Crippen molar-refractivity contribution < 1.29 is 0 Å². The van der Waals surface area contributed by atoms with Crippen LogP contribution in [-0.4, -0.2) is 6.67 Å². The van der Waals surface area contributed by atoms with Gasteiger partial charge in [-0.1, -0.05) is 12.2 Å². The number of hydrogen-bond donors (Lipinski definition) is 2. The third kappa shape index (κ3) is 1.81. The van der Waals surface area contributed by atoms with E-state index in [0.717, 1.165) is 12.6 Å². The third-order valence-electron chi connectivity index (χ3n) is 2.53. The van der Waals surface area contributed by atoms with Crippen molar-refractivity contribution in [1.82, 2.24) is 10.6 Å². The molecule has 2 rings (SSSR count). The lowest BCUT2D eigenvalue weighted by atomic mass is 9.92. The number of hydrogen-bond acceptors (Lipinski definition) is 2. The lowest BCUT2D eigenvalue weighted by Crippen LogP contribution is -2.15. The molecule has 1 atom stereocenters. The summed E-state index contributed by atoms with van der Waals surface area (Å²) in [5.41, 5.74) is 1.37. The van der Waals surface area contributed by atoms with E-state index in [1.54, 1.807) is 0 Å². The Hall–Kier alpha value is -0.920. The van der Waals surface area contributed by atoms with Crippen LogP contribution >= 0.6 is 0 Å². The fourth-order valence-electron chi connectivity index (χ4n) is 1.86. The van der Waals surface area contributed by atoms with Gasteiger partial charge in [-0.3, -0.25) is 0 Å². The van der Waals surface area contributed by atoms with Crippen molar-refractivity contribution in [2.75, 3.05) is 6.67 Å². The molecular weight excluding hydrogens is 148 g/mol. The SMILES string of the molecule is C1=CC(CC2=CNCN2)CCC1. The lowest BCUT2D eigenvalue weighted by molar-refractivity contribution is 0.526. The van der Waals surface area contributed by atoms with Crippen LogP contribution < -0.4 is 10.6 Å². The second-order valence-electron chi connectivity index (χ2n) is 3.55. The highest BCUT2D eigenvalue weighted by Gasteiger charge is 2.11. The summed E-state index contributed by atoms with van der Waals surface area (Å²) in [6, 6.07) is 0. The zero-order valence-corrected chi connectivity index (χ0v) is 7.34. The van der Waals surface area contributed by atoms with E-state index in [-0.39, 0.29) is 0 Å². The van der Waals surface area contributed by atoms with Gasteiger partial charge in [0.1, 0.15) is 0 Å². The molecule has 12 heavy (non-hydrogen) atoms. The van der Waals surface area contributed by atoms with Crippen LogP contribution in [0.25, 0.3) is 0 Å². The molecule has 0 spiro atoms. The first-order chi connectivity index (χ1) is 5.95. The Bertz CT molecular complexity index is 206. The molecule has 2 aliphatic rings. The minimum absolute atomic E-state index is 0.775. The average Bonchev–Trinajstić information content (AvgIpc) is 2.59. The normalized spacial score (nSPS) is 27.7. The minimum Gasteiger partial charge on any atom is -0.372 e. The highest BCUT2D eigenvalue weighted by Crippen LogP contribution is 2.22. The van der Waals surface area contributed by atoms with Gasteiger partial charge < -0.3 is 10.6 Å². The number of allylic oxidation sites excluding steroid dienone is 3. The Labute approximate surface area is 73.7 Å². The molecular formula is C10H16N2. The smallest absolute Gasteiger partial charge is 0.0843 e. The van der Waals surface area contributed by atoms with Crippen LogP contribution in [0.2, 0.25) is 0 Å². The quantitative estimate of drug-likeness (QED) is 0.607. The first kappa shape index (κ1) is 7.71. The van der Waals surface area contributed by atoms with Crippen LogP contribution in [0, 0.1) is 5.92 Å². The summed E-state index contributed by atoms with van der Waals surface area (Å²) in [7, 11) is 0. The molecule has 0 amide bonds. The van der Waals surface area contributed by atoms with E-state index in [9.17, 15) is 0 Å². The van der Waals surface area contributed by atoms with Gasteiger partial charge in [0.25, 0.3) is 0 Å². The largest absolute Gasteiger partial charge is 0.372 e. The predicted octanol–water partition coefficient (Wildman–Crippen LogP) is 1.72. The van der Waals surface area contributed by atoms with Gasteiger partial charge in [0.15, 0.2) is 0 Å². The van der Waals surface area contributed by atoms with E-state index in [2.05, 4.69) is 29.0 Å². The molecule has 0 aromatic heterocycles. The summed E-state index contributed by atoms with van der Waals surface area (Å²) in [6.45, 7) is 0.908. The first-order valence-electron chi connectivity index (χ1n) is 4.78. The van der Waals surface area contributed by atoms with Gasteiger partial charge in [0.05, 0.1) is 6.67 Å². The Balaban J connectivity index is 1.85. The zero-order valence-electron chi connectivity index (χ0n) is 7.34. The van der Waals surface area contributed by atoms with Gasteiger partial charge in [-0.2, -0.15) is 0 Å². The summed E-state index contributed by atoms with van der Waals surface area (Å²) in [5, 5.41) is 6.48. The number of rotatable bonds is 2. The summed E-state index contributed by atoms with van der Waals surface area (Å²) >= 11 is 0. The molecule has 0 radical (unpaired) electrons. The van der Waals surface area contributed by atoms with Crippen molar-refractivity contribution in [1.29, 1.82) is 0 Å². The van der Waals surface area contributed by atoms with E-state index >= 15 is 0 Å². The molecule has 1 aliphatic heterocycles. The second kappa shape index (κ2) is 3.65. The molecule has 0 aromatic carbocycles. The van der Waals surface area contributed by atoms with E-state index < -0.39 is 0 Å². The maximum atomic E-state index is 3.32. The van der Waals surface area contributed by atoms with Crippen molar-refractivity contribution in [2.24, 2.45) is 5.92 Å². The fourth-order valence-corrected chi connectivity index (χ4v) is 1.86. The Morgan fingerprint density at radius 1 is 1.50 bits per heavy atom. The molecule has 2 nitrogen and oxygen atoms in total. The summed E-state index contributed by atoms with van der Waals surface area (Å²) in [6.07, 6.45) is 12.0. The molecule has 2 N–H and O–H groups in total. The van der Waals surface area contributed by atoms with Crippen LogP contribution in [0.4, 0.5) is 0 Å². The standard InChI is InChI=1S/C10H16N2/c1-2-4-9(5-3-1)6-10-7-11-8-12-10/h2,4,7,9,11-12H,1,3,5-6,8H2. The minimum atomic E-state index is 0.775. The molecule has 0 bridgehead atoms. The molecule has 0 saturated carbocycles. The molecule has 1 aliphatic carbocycles. The lowest BCUT2D eigenvalue weighted by Gasteiger charge is -2.16. The molecule has 66 valence electrons. The van der Waals surface area contributed by atoms with Crippen LogP contribution in [-0.2, 0) is 0 Å². The summed E-state index contributed by atoms with van der Waals surface area (Å²) in [5.74, 6) is 0.775. The molecule has 0 saturated heterocycles. The van der Waals surface area contributed by atoms with E-state index in [1.165, 1.54) is 31.4 Å². The Kier molecular flexibility index (Phi) is 2.35. The molecule has 1 heterocycles. The molecule has 0 fully saturated rings. The Morgan fingerprint density at radius 2 is 2.50 bits per heavy atom. The van der Waals surface area contributed by atoms with Crippen molar-refractivity contribution in [3.8, 4) is 0 Å². The van der Waals surface area contributed by atoms with E-state index in [0.29, 0.717) is 0 Å². The van der Waals surface area contributed by atoms with E-state index in [4.69, 9.17) is 0 Å². The van der Waals surface area contributed by atoms with Gasteiger partial charge in [-0.05, 0) is 31.6 Å². The van der Waals surface area contributed by atoms with Crippen molar-refractivity contribution in [2.45, 2.75) is 25.7 Å². The maximum absolute atomic E-state index is 3.32. The predicted molar refractivity (Wildman–Crippen MR) is 50.3 cm³/mol. The highest BCUT2D eigenvalue weighted by molar-refractivity contribution is 5.07. The van der Waals surface area contributed by atoms with Crippen molar-refractivity contribution >= 4 is 0 Å². The summed E-state index contributed by atoms with van der Waals surface area (Å²) in [4.78, 5) is 0. The zero-order chi connectivity index (χ0) is 8.23. The molecule has 0 aromatic rings. The fraction of sp³-hybridized carbons (Fsp3) is 0.600. The topological polar surface area (TPSA) is 24.1 Å². The second-order valence-corrected chi connectivity index (χ2v) is 3.55. The van der Waals surface area contributed by atoms with Crippen molar-refractivity contribution in [3.05, 3.63) is 24.0 Å². The van der Waals surface area contributed by atoms with Crippen LogP contribution in [0.1, 0.15) is 25.7 Å². The first-order valence-corrected chi connectivity index (χ1v) is 4.78.